The van der Waals surface area contributed by atoms with Gasteiger partial charge in [-0.25, -0.2) is 4.79 Å². The highest BCUT2D eigenvalue weighted by atomic mass is 35.5. The molecule has 3 nitrogen and oxygen atoms in total. The Morgan fingerprint density at radius 1 is 1.00 bits per heavy atom. The summed E-state index contributed by atoms with van der Waals surface area (Å²) in [7, 11) is 0. The molecule has 0 saturated carbocycles. The van der Waals surface area contributed by atoms with E-state index in [-0.39, 0.29) is 18.0 Å². The number of aryl methyl sites for hydroxylation is 1. The molecule has 20 heavy (non-hydrogen) atoms. The maximum atomic E-state index is 12.0. The zero-order valence-electron chi connectivity index (χ0n) is 10.9. The van der Waals surface area contributed by atoms with E-state index in [0.29, 0.717) is 10.6 Å². The van der Waals surface area contributed by atoms with Gasteiger partial charge in [0.1, 0.15) is 0 Å². The second kappa shape index (κ2) is 6.35. The Morgan fingerprint density at radius 3 is 2.25 bits per heavy atom. The Labute approximate surface area is 122 Å². The predicted octanol–water partition coefficient (Wildman–Crippen LogP) is 3.69. The van der Waals surface area contributed by atoms with Crippen LogP contribution < -0.4 is 0 Å². The first kappa shape index (κ1) is 14.3. The largest absolute Gasteiger partial charge is 0.454 e. The molecule has 0 aliphatic carbocycles. The molecule has 2 rings (SSSR count). The zero-order chi connectivity index (χ0) is 14.5. The van der Waals surface area contributed by atoms with Gasteiger partial charge in [0.2, 0.25) is 5.78 Å². The van der Waals surface area contributed by atoms with Gasteiger partial charge in [-0.2, -0.15) is 0 Å². The van der Waals surface area contributed by atoms with Gasteiger partial charge in [-0.15, -0.1) is 0 Å². The molecule has 0 aromatic heterocycles. The number of rotatable bonds is 4. The molecule has 4 heteroatoms. The predicted molar refractivity (Wildman–Crippen MR) is 77.2 cm³/mol. The number of carbonyl (C=O) groups excluding carboxylic acids is 2. The number of esters is 1. The number of ketones is 1. The van der Waals surface area contributed by atoms with E-state index in [9.17, 15) is 9.59 Å². The second-order valence-corrected chi connectivity index (χ2v) is 4.70. The van der Waals surface area contributed by atoms with E-state index in [1.54, 1.807) is 36.4 Å². The standard InChI is InChI=1S/C16H13ClO3/c1-11-6-2-3-7-12(11)15(18)10-20-16(19)13-8-4-5-9-14(13)17/h2-9H,10H2,1H3. The van der Waals surface area contributed by atoms with Gasteiger partial charge >= 0.3 is 5.97 Å². The molecule has 0 aliphatic rings. The van der Waals surface area contributed by atoms with Crippen molar-refractivity contribution in [1.82, 2.24) is 0 Å². The average Bonchev–Trinajstić information content (AvgIpc) is 2.45. The normalized spacial score (nSPS) is 10.1. The Balaban J connectivity index is 2.03. The van der Waals surface area contributed by atoms with Crippen molar-refractivity contribution in [3.05, 3.63) is 70.2 Å². The summed E-state index contributed by atoms with van der Waals surface area (Å²) in [6, 6.07) is 13.7. The summed E-state index contributed by atoms with van der Waals surface area (Å²) in [5.41, 5.74) is 1.66. The number of carbonyl (C=O) groups is 2. The summed E-state index contributed by atoms with van der Waals surface area (Å²) >= 11 is 5.89. The first-order valence-corrected chi connectivity index (χ1v) is 6.48. The van der Waals surface area contributed by atoms with Crippen molar-refractivity contribution in [1.29, 1.82) is 0 Å². The van der Waals surface area contributed by atoms with Gasteiger partial charge < -0.3 is 4.74 Å². The molecule has 102 valence electrons. The SMILES string of the molecule is Cc1ccccc1C(=O)COC(=O)c1ccccc1Cl. The second-order valence-electron chi connectivity index (χ2n) is 4.29. The van der Waals surface area contributed by atoms with Gasteiger partial charge in [0.05, 0.1) is 10.6 Å². The number of hydrogen-bond acceptors (Lipinski definition) is 3. The Bertz CT molecular complexity index is 592. The minimum atomic E-state index is -0.600. The van der Waals surface area contributed by atoms with Gasteiger partial charge in [-0.3, -0.25) is 4.79 Å². The fourth-order valence-corrected chi connectivity index (χ4v) is 2.01. The van der Waals surface area contributed by atoms with Crippen LogP contribution in [-0.4, -0.2) is 18.4 Å². The maximum Gasteiger partial charge on any atom is 0.340 e. The number of ether oxygens (including phenoxy) is 1. The van der Waals surface area contributed by atoms with Crippen molar-refractivity contribution in [2.24, 2.45) is 0 Å². The van der Waals surface area contributed by atoms with Crippen molar-refractivity contribution in [3.63, 3.8) is 0 Å². The Hall–Kier alpha value is -2.13. The topological polar surface area (TPSA) is 43.4 Å². The Kier molecular flexibility index (Phi) is 4.53. The third-order valence-corrected chi connectivity index (χ3v) is 3.20. The lowest BCUT2D eigenvalue weighted by Gasteiger charge is -2.07. The fourth-order valence-electron chi connectivity index (χ4n) is 1.80. The summed E-state index contributed by atoms with van der Waals surface area (Å²) in [4.78, 5) is 23.8. The lowest BCUT2D eigenvalue weighted by molar-refractivity contribution is 0.0474. The van der Waals surface area contributed by atoms with Gasteiger partial charge in [0.15, 0.2) is 6.61 Å². The van der Waals surface area contributed by atoms with Crippen LogP contribution >= 0.6 is 11.6 Å². The quantitative estimate of drug-likeness (QED) is 0.636. The molecule has 0 radical (unpaired) electrons. The van der Waals surface area contributed by atoms with Crippen molar-refractivity contribution >= 4 is 23.4 Å². The molecular formula is C16H13ClO3. The fraction of sp³-hybridized carbons (Fsp3) is 0.125. The first-order chi connectivity index (χ1) is 9.59. The minimum absolute atomic E-state index is 0.233. The summed E-state index contributed by atoms with van der Waals surface area (Å²) < 4.78 is 5.01. The highest BCUT2D eigenvalue weighted by Crippen LogP contribution is 2.16. The molecule has 0 atom stereocenters. The minimum Gasteiger partial charge on any atom is -0.454 e. The molecule has 0 amide bonds. The summed E-state index contributed by atoms with van der Waals surface area (Å²) in [5.74, 6) is -0.832. The number of hydrogen-bond donors (Lipinski definition) is 0. The molecule has 0 N–H and O–H groups in total. The van der Waals surface area contributed by atoms with Crippen molar-refractivity contribution in [2.75, 3.05) is 6.61 Å². The average molecular weight is 289 g/mol. The van der Waals surface area contributed by atoms with Crippen LogP contribution in [0.5, 0.6) is 0 Å². The van der Waals surface area contributed by atoms with E-state index >= 15 is 0 Å². The van der Waals surface area contributed by atoms with Crippen LogP contribution in [0.1, 0.15) is 26.3 Å². The van der Waals surface area contributed by atoms with Crippen LogP contribution in [0.2, 0.25) is 5.02 Å². The van der Waals surface area contributed by atoms with E-state index in [4.69, 9.17) is 16.3 Å². The molecule has 2 aromatic rings. The van der Waals surface area contributed by atoms with Crippen LogP contribution in [0.25, 0.3) is 0 Å². The summed E-state index contributed by atoms with van der Waals surface area (Å²) in [6.45, 7) is 1.54. The smallest absolute Gasteiger partial charge is 0.340 e. The molecule has 0 unspecified atom stereocenters. The van der Waals surface area contributed by atoms with E-state index in [1.807, 2.05) is 19.1 Å². The number of Topliss-reactive ketones (excluding diaryl/α,β-unsaturated/α-hetero) is 1. The maximum absolute atomic E-state index is 12.0. The van der Waals surface area contributed by atoms with Crippen LogP contribution in [0.3, 0.4) is 0 Å². The van der Waals surface area contributed by atoms with Crippen LogP contribution in [0.4, 0.5) is 0 Å². The molecule has 0 bridgehead atoms. The van der Waals surface area contributed by atoms with Crippen LogP contribution in [0, 0.1) is 6.92 Å². The van der Waals surface area contributed by atoms with E-state index in [1.165, 1.54) is 0 Å². The molecule has 0 heterocycles. The molecule has 0 saturated heterocycles. The summed E-state index contributed by atoms with van der Waals surface area (Å²) in [6.07, 6.45) is 0. The monoisotopic (exact) mass is 288 g/mol. The van der Waals surface area contributed by atoms with Crippen LogP contribution in [0.15, 0.2) is 48.5 Å². The van der Waals surface area contributed by atoms with Gasteiger partial charge in [0.25, 0.3) is 0 Å². The number of benzene rings is 2. The highest BCUT2D eigenvalue weighted by molar-refractivity contribution is 6.33. The molecular weight excluding hydrogens is 276 g/mol. The first-order valence-electron chi connectivity index (χ1n) is 6.10. The molecule has 2 aromatic carbocycles. The lowest BCUT2D eigenvalue weighted by atomic mass is 10.1. The molecule has 0 aliphatic heterocycles. The summed E-state index contributed by atoms with van der Waals surface area (Å²) in [5, 5.41) is 0.306. The van der Waals surface area contributed by atoms with Gasteiger partial charge in [-0.1, -0.05) is 48.0 Å². The van der Waals surface area contributed by atoms with Crippen molar-refractivity contribution in [2.45, 2.75) is 6.92 Å². The molecule has 0 fully saturated rings. The highest BCUT2D eigenvalue weighted by Gasteiger charge is 2.14. The van der Waals surface area contributed by atoms with Crippen molar-refractivity contribution in [3.8, 4) is 0 Å². The third kappa shape index (κ3) is 3.25. The lowest BCUT2D eigenvalue weighted by Crippen LogP contribution is -2.15. The van der Waals surface area contributed by atoms with E-state index in [0.717, 1.165) is 5.56 Å². The Morgan fingerprint density at radius 2 is 1.60 bits per heavy atom. The van der Waals surface area contributed by atoms with Gasteiger partial charge in [0, 0.05) is 5.56 Å². The van der Waals surface area contributed by atoms with Gasteiger partial charge in [-0.05, 0) is 24.6 Å². The number of halogens is 1. The van der Waals surface area contributed by atoms with E-state index in [2.05, 4.69) is 0 Å². The van der Waals surface area contributed by atoms with E-state index < -0.39 is 5.97 Å². The third-order valence-electron chi connectivity index (χ3n) is 2.87. The van der Waals surface area contributed by atoms with Crippen LogP contribution in [-0.2, 0) is 4.74 Å². The zero-order valence-corrected chi connectivity index (χ0v) is 11.7. The molecule has 0 spiro atoms. The van der Waals surface area contributed by atoms with Crippen molar-refractivity contribution < 1.29 is 14.3 Å².